The van der Waals surface area contributed by atoms with E-state index < -0.39 is 0 Å². The molecule has 0 rings (SSSR count). The molecule has 0 aliphatic heterocycles. The summed E-state index contributed by atoms with van der Waals surface area (Å²) >= 11 is 0. The lowest BCUT2D eigenvalue weighted by Gasteiger charge is -2.08. The summed E-state index contributed by atoms with van der Waals surface area (Å²) in [5.74, 6) is 0. The molecule has 0 bridgehead atoms. The Hall–Kier alpha value is 0.210. The molecule has 0 amide bonds. The zero-order valence-electron chi connectivity index (χ0n) is 12.3. The van der Waals surface area contributed by atoms with E-state index in [1.165, 1.54) is 70.8 Å². The summed E-state index contributed by atoms with van der Waals surface area (Å²) in [6, 6.07) is 0. The summed E-state index contributed by atoms with van der Waals surface area (Å²) in [5, 5.41) is 0. The summed E-state index contributed by atoms with van der Waals surface area (Å²) in [7, 11) is 4.32. The molecule has 3 heteroatoms. The number of rotatable bonds is 11. The predicted molar refractivity (Wildman–Crippen MR) is 82.7 cm³/mol. The van der Waals surface area contributed by atoms with Crippen molar-refractivity contribution in [1.29, 1.82) is 0 Å². The molecule has 0 heterocycles. The van der Waals surface area contributed by atoms with Crippen molar-refractivity contribution in [1.82, 2.24) is 11.1 Å². The molecule has 108 valence electrons. The van der Waals surface area contributed by atoms with Gasteiger partial charge in [0.15, 0.2) is 0 Å². The Morgan fingerprint density at radius 2 is 1.00 bits per heavy atom. The number of nitrogens with zero attached hydrogens (tertiary/aromatic N) is 1. The van der Waals surface area contributed by atoms with Gasteiger partial charge in [0.1, 0.15) is 0 Å². The molecule has 0 saturated carbocycles. The fourth-order valence-electron chi connectivity index (χ4n) is 1.92. The summed E-state index contributed by atoms with van der Waals surface area (Å²) in [6.45, 7) is 3.54. The molecule has 0 spiro atoms. The van der Waals surface area contributed by atoms with E-state index in [2.05, 4.69) is 25.9 Å². The van der Waals surface area contributed by atoms with Crippen molar-refractivity contribution in [3.05, 3.63) is 0 Å². The van der Waals surface area contributed by atoms with Crippen LogP contribution in [-0.2, 0) is 0 Å². The average molecular weight is 267 g/mol. The minimum atomic E-state index is 0. The van der Waals surface area contributed by atoms with Gasteiger partial charge in [-0.25, -0.2) is 0 Å². The van der Waals surface area contributed by atoms with Crippen molar-refractivity contribution < 1.29 is 0 Å². The van der Waals surface area contributed by atoms with Crippen molar-refractivity contribution in [2.45, 2.75) is 71.1 Å². The maximum Gasteiger partial charge on any atom is -0.00248 e. The van der Waals surface area contributed by atoms with Gasteiger partial charge in [0.25, 0.3) is 0 Å². The van der Waals surface area contributed by atoms with Gasteiger partial charge in [-0.1, -0.05) is 64.7 Å². The lowest BCUT2D eigenvalue weighted by Crippen LogP contribution is -2.12. The van der Waals surface area contributed by atoms with Gasteiger partial charge in [-0.3, -0.25) is 0 Å². The first-order valence-electron chi connectivity index (χ1n) is 6.92. The second-order valence-corrected chi connectivity index (χ2v) is 4.99. The van der Waals surface area contributed by atoms with Gasteiger partial charge < -0.3 is 11.1 Å². The van der Waals surface area contributed by atoms with E-state index >= 15 is 0 Å². The Morgan fingerprint density at radius 3 is 1.35 bits per heavy atom. The maximum atomic E-state index is 2.28. The first-order valence-corrected chi connectivity index (χ1v) is 6.92. The molecular weight excluding hydrogens is 232 g/mol. The van der Waals surface area contributed by atoms with Crippen molar-refractivity contribution in [3.8, 4) is 0 Å². The topological polar surface area (TPSA) is 38.2 Å². The van der Waals surface area contributed by atoms with Crippen LogP contribution in [0.2, 0.25) is 0 Å². The number of halogens is 1. The van der Waals surface area contributed by atoms with Gasteiger partial charge in [-0.2, -0.15) is 0 Å². The number of unbranched alkanes of at least 4 members (excludes halogenated alkanes) is 9. The third-order valence-corrected chi connectivity index (χ3v) is 2.96. The molecule has 0 unspecified atom stereocenters. The highest BCUT2D eigenvalue weighted by atomic mass is 35.5. The van der Waals surface area contributed by atoms with Crippen molar-refractivity contribution in [2.75, 3.05) is 20.6 Å². The highest BCUT2D eigenvalue weighted by Crippen LogP contribution is 2.10. The molecule has 0 radical (unpaired) electrons. The Morgan fingerprint density at radius 1 is 0.647 bits per heavy atom. The van der Waals surface area contributed by atoms with Crippen LogP contribution in [0.25, 0.3) is 0 Å². The van der Waals surface area contributed by atoms with Crippen LogP contribution >= 0.6 is 12.4 Å². The quantitative estimate of drug-likeness (QED) is 0.531. The maximum absolute atomic E-state index is 2.28. The van der Waals surface area contributed by atoms with Crippen LogP contribution in [0.3, 0.4) is 0 Å². The Kier molecular flexibility index (Phi) is 24.5. The lowest BCUT2D eigenvalue weighted by molar-refractivity contribution is 0.389. The molecular formula is C14H35ClN2. The largest absolute Gasteiger partial charge is 0.344 e. The van der Waals surface area contributed by atoms with E-state index in [4.69, 9.17) is 0 Å². The summed E-state index contributed by atoms with van der Waals surface area (Å²) in [4.78, 5) is 2.28. The smallest absolute Gasteiger partial charge is 0.00248 e. The number of hydrogen-bond acceptors (Lipinski definition) is 2. The third kappa shape index (κ3) is 22.0. The second-order valence-electron chi connectivity index (χ2n) is 4.99. The fraction of sp³-hybridized carbons (Fsp3) is 1.00. The van der Waals surface area contributed by atoms with E-state index in [-0.39, 0.29) is 18.6 Å². The van der Waals surface area contributed by atoms with Gasteiger partial charge in [0, 0.05) is 0 Å². The fourth-order valence-corrected chi connectivity index (χ4v) is 1.92. The zero-order chi connectivity index (χ0) is 11.4. The summed E-state index contributed by atoms with van der Waals surface area (Å²) in [5.41, 5.74) is 0. The molecule has 0 aliphatic rings. The van der Waals surface area contributed by atoms with Crippen LogP contribution in [0.15, 0.2) is 0 Å². The van der Waals surface area contributed by atoms with E-state index in [0.717, 1.165) is 0 Å². The van der Waals surface area contributed by atoms with E-state index in [9.17, 15) is 0 Å². The predicted octanol–water partition coefficient (Wildman–Crippen LogP) is 5.05. The van der Waals surface area contributed by atoms with Crippen LogP contribution in [-0.4, -0.2) is 25.5 Å². The normalized spacial score (nSPS) is 9.88. The third-order valence-electron chi connectivity index (χ3n) is 2.96. The van der Waals surface area contributed by atoms with Gasteiger partial charge >= 0.3 is 0 Å². The second kappa shape index (κ2) is 18.6. The molecule has 0 aromatic heterocycles. The molecule has 3 N–H and O–H groups in total. The summed E-state index contributed by atoms with van der Waals surface area (Å²) in [6.07, 6.45) is 14.4. The molecule has 2 nitrogen and oxygen atoms in total. The molecule has 0 fully saturated rings. The zero-order valence-corrected chi connectivity index (χ0v) is 13.2. The molecule has 0 aromatic rings. The highest BCUT2D eigenvalue weighted by molar-refractivity contribution is 5.85. The van der Waals surface area contributed by atoms with Crippen LogP contribution in [0, 0.1) is 0 Å². The van der Waals surface area contributed by atoms with E-state index in [1.807, 2.05) is 0 Å². The Bertz CT molecular complexity index is 119. The van der Waals surface area contributed by atoms with E-state index in [1.54, 1.807) is 0 Å². The van der Waals surface area contributed by atoms with Gasteiger partial charge in [-0.15, -0.1) is 12.4 Å². The summed E-state index contributed by atoms with van der Waals surface area (Å²) < 4.78 is 0. The average Bonchev–Trinajstić information content (AvgIpc) is 2.20. The van der Waals surface area contributed by atoms with Crippen molar-refractivity contribution in [2.24, 2.45) is 0 Å². The van der Waals surface area contributed by atoms with Crippen LogP contribution < -0.4 is 6.15 Å². The van der Waals surface area contributed by atoms with Gasteiger partial charge in [-0.05, 0) is 27.1 Å². The van der Waals surface area contributed by atoms with Gasteiger partial charge in [0.2, 0.25) is 0 Å². The number of hydrogen-bond donors (Lipinski definition) is 1. The minimum Gasteiger partial charge on any atom is -0.344 e. The first-order chi connectivity index (χ1) is 7.27. The molecule has 0 saturated heterocycles. The monoisotopic (exact) mass is 266 g/mol. The highest BCUT2D eigenvalue weighted by Gasteiger charge is 1.93. The first kappa shape index (κ1) is 22.4. The van der Waals surface area contributed by atoms with Crippen molar-refractivity contribution in [3.63, 3.8) is 0 Å². The molecule has 0 aromatic carbocycles. The Labute approximate surface area is 116 Å². The van der Waals surface area contributed by atoms with Crippen LogP contribution in [0.4, 0.5) is 0 Å². The van der Waals surface area contributed by atoms with E-state index in [0.29, 0.717) is 0 Å². The molecule has 0 aliphatic carbocycles. The van der Waals surface area contributed by atoms with Crippen LogP contribution in [0.1, 0.15) is 71.1 Å². The minimum absolute atomic E-state index is 0. The Balaban J connectivity index is -0.000000980. The molecule has 17 heavy (non-hydrogen) atoms. The SMILES string of the molecule is CCCCCCCCCCCCN(C)C.Cl.N. The van der Waals surface area contributed by atoms with Crippen molar-refractivity contribution >= 4 is 12.4 Å². The standard InChI is InChI=1S/C14H31N.ClH.H3N/c1-4-5-6-7-8-9-10-11-12-13-14-15(2)3;;/h4-14H2,1-3H3;1H;1H3. The lowest BCUT2D eigenvalue weighted by atomic mass is 10.1. The van der Waals surface area contributed by atoms with Crippen LogP contribution in [0.5, 0.6) is 0 Å². The van der Waals surface area contributed by atoms with Gasteiger partial charge in [0.05, 0.1) is 0 Å². The molecule has 0 atom stereocenters.